The van der Waals surface area contributed by atoms with Gasteiger partial charge in [0.25, 0.3) is 0 Å². The van der Waals surface area contributed by atoms with Crippen LogP contribution in [-0.4, -0.2) is 44.9 Å². The van der Waals surface area contributed by atoms with E-state index in [1.807, 2.05) is 12.1 Å². The Morgan fingerprint density at radius 2 is 2.12 bits per heavy atom. The van der Waals surface area contributed by atoms with Crippen molar-refractivity contribution >= 4 is 5.96 Å². The van der Waals surface area contributed by atoms with Gasteiger partial charge in [0.05, 0.1) is 12.1 Å². The number of benzene rings is 1. The Labute approximate surface area is 145 Å². The molecule has 1 saturated heterocycles. The van der Waals surface area contributed by atoms with Crippen molar-refractivity contribution in [1.82, 2.24) is 10.6 Å². The van der Waals surface area contributed by atoms with Crippen LogP contribution < -0.4 is 15.4 Å². The van der Waals surface area contributed by atoms with Gasteiger partial charge in [0.15, 0.2) is 5.96 Å². The van der Waals surface area contributed by atoms with E-state index in [0.717, 1.165) is 37.7 Å². The number of rotatable bonds is 7. The van der Waals surface area contributed by atoms with E-state index < -0.39 is 0 Å². The van der Waals surface area contributed by atoms with Crippen molar-refractivity contribution < 1.29 is 9.47 Å². The Balaban J connectivity index is 1.72. The molecular weight excluding hydrogens is 302 g/mol. The molecule has 1 aromatic carbocycles. The maximum atomic E-state index is 5.92. The molecule has 24 heavy (non-hydrogen) atoms. The van der Waals surface area contributed by atoms with E-state index in [9.17, 15) is 0 Å². The zero-order chi connectivity index (χ0) is 17.4. The summed E-state index contributed by atoms with van der Waals surface area (Å²) in [5, 5.41) is 6.63. The molecule has 0 bridgehead atoms. The molecule has 1 heterocycles. The molecular formula is C19H31N3O2. The monoisotopic (exact) mass is 333 g/mol. The summed E-state index contributed by atoms with van der Waals surface area (Å²) in [5.74, 6) is 2.20. The van der Waals surface area contributed by atoms with Crippen LogP contribution in [-0.2, 0) is 4.74 Å². The van der Waals surface area contributed by atoms with Gasteiger partial charge in [-0.3, -0.25) is 4.99 Å². The molecule has 0 aromatic heterocycles. The van der Waals surface area contributed by atoms with Crippen LogP contribution in [0, 0.1) is 0 Å². The van der Waals surface area contributed by atoms with Gasteiger partial charge < -0.3 is 20.1 Å². The van der Waals surface area contributed by atoms with Crippen LogP contribution in [0.25, 0.3) is 0 Å². The van der Waals surface area contributed by atoms with Crippen LogP contribution >= 0.6 is 0 Å². The summed E-state index contributed by atoms with van der Waals surface area (Å²) in [7, 11) is 1.78. The van der Waals surface area contributed by atoms with E-state index >= 15 is 0 Å². The molecule has 1 aliphatic heterocycles. The van der Waals surface area contributed by atoms with E-state index in [4.69, 9.17) is 9.47 Å². The van der Waals surface area contributed by atoms with Crippen molar-refractivity contribution in [1.29, 1.82) is 0 Å². The zero-order valence-corrected chi connectivity index (χ0v) is 15.4. The van der Waals surface area contributed by atoms with Crippen molar-refractivity contribution in [2.75, 3.05) is 33.4 Å². The van der Waals surface area contributed by atoms with Crippen LogP contribution in [0.3, 0.4) is 0 Å². The summed E-state index contributed by atoms with van der Waals surface area (Å²) < 4.78 is 11.7. The molecule has 134 valence electrons. The van der Waals surface area contributed by atoms with Crippen molar-refractivity contribution in [2.45, 2.75) is 45.1 Å². The SMILES string of the molecule is CN=C(NCCOc1ccccc1C(C)C)NCC1(C)CCCO1. The summed E-state index contributed by atoms with van der Waals surface area (Å²) in [4.78, 5) is 4.25. The Bertz CT molecular complexity index is 537. The number of ether oxygens (including phenoxy) is 2. The molecule has 1 unspecified atom stereocenters. The second-order valence-corrected chi connectivity index (χ2v) is 6.80. The third-order valence-corrected chi connectivity index (χ3v) is 4.35. The Morgan fingerprint density at radius 3 is 2.79 bits per heavy atom. The fraction of sp³-hybridized carbons (Fsp3) is 0.632. The van der Waals surface area contributed by atoms with Crippen molar-refractivity contribution in [2.24, 2.45) is 4.99 Å². The molecule has 5 heteroatoms. The first kappa shape index (κ1) is 18.6. The predicted octanol–water partition coefficient (Wildman–Crippen LogP) is 2.92. The minimum atomic E-state index is -0.0790. The maximum Gasteiger partial charge on any atom is 0.191 e. The number of guanidine groups is 1. The van der Waals surface area contributed by atoms with Gasteiger partial charge in [-0.25, -0.2) is 0 Å². The van der Waals surface area contributed by atoms with Crippen molar-refractivity contribution in [3.8, 4) is 5.75 Å². The molecule has 5 nitrogen and oxygen atoms in total. The van der Waals surface area contributed by atoms with Crippen LogP contribution in [0.4, 0.5) is 0 Å². The first-order valence-corrected chi connectivity index (χ1v) is 8.84. The van der Waals surface area contributed by atoms with Gasteiger partial charge in [0, 0.05) is 20.2 Å². The molecule has 0 radical (unpaired) electrons. The molecule has 2 N–H and O–H groups in total. The Hall–Kier alpha value is -1.75. The summed E-state index contributed by atoms with van der Waals surface area (Å²) in [6.07, 6.45) is 2.22. The second kappa shape index (κ2) is 8.92. The topological polar surface area (TPSA) is 54.9 Å². The third-order valence-electron chi connectivity index (χ3n) is 4.35. The molecule has 0 saturated carbocycles. The average molecular weight is 333 g/mol. The number of hydrogen-bond acceptors (Lipinski definition) is 3. The highest BCUT2D eigenvalue weighted by atomic mass is 16.5. The molecule has 0 aliphatic carbocycles. The van der Waals surface area contributed by atoms with Gasteiger partial charge in [-0.15, -0.1) is 0 Å². The smallest absolute Gasteiger partial charge is 0.191 e. The number of nitrogens with zero attached hydrogens (tertiary/aromatic N) is 1. The van der Waals surface area contributed by atoms with E-state index in [1.165, 1.54) is 5.56 Å². The summed E-state index contributed by atoms with van der Waals surface area (Å²) >= 11 is 0. The maximum absolute atomic E-state index is 5.92. The van der Waals surface area contributed by atoms with Crippen molar-refractivity contribution in [3.05, 3.63) is 29.8 Å². The van der Waals surface area contributed by atoms with E-state index in [2.05, 4.69) is 48.5 Å². The highest BCUT2D eigenvalue weighted by Gasteiger charge is 2.29. The van der Waals surface area contributed by atoms with E-state index in [1.54, 1.807) is 7.05 Å². The largest absolute Gasteiger partial charge is 0.491 e. The molecule has 0 spiro atoms. The lowest BCUT2D eigenvalue weighted by Gasteiger charge is -2.24. The Kier molecular flexibility index (Phi) is 6.91. The average Bonchev–Trinajstić information content (AvgIpc) is 3.01. The fourth-order valence-electron chi connectivity index (χ4n) is 2.89. The number of nitrogens with one attached hydrogen (secondary N) is 2. The minimum Gasteiger partial charge on any atom is -0.491 e. The molecule has 1 atom stereocenters. The van der Waals surface area contributed by atoms with Gasteiger partial charge in [-0.05, 0) is 37.3 Å². The lowest BCUT2D eigenvalue weighted by molar-refractivity contribution is 0.0243. The highest BCUT2D eigenvalue weighted by Crippen LogP contribution is 2.25. The lowest BCUT2D eigenvalue weighted by Crippen LogP contribution is -2.46. The fourth-order valence-corrected chi connectivity index (χ4v) is 2.89. The molecule has 1 fully saturated rings. The molecule has 1 aliphatic rings. The molecule has 2 rings (SSSR count). The van der Waals surface area contributed by atoms with Gasteiger partial charge >= 0.3 is 0 Å². The quantitative estimate of drug-likeness (QED) is 0.458. The number of para-hydroxylation sites is 1. The summed E-state index contributed by atoms with van der Waals surface area (Å²) in [6.45, 7) is 9.42. The molecule has 0 amide bonds. The first-order chi connectivity index (χ1) is 11.5. The summed E-state index contributed by atoms with van der Waals surface area (Å²) in [6, 6.07) is 8.21. The van der Waals surface area contributed by atoms with Gasteiger partial charge in [0.2, 0.25) is 0 Å². The number of aliphatic imine (C=N–C) groups is 1. The van der Waals surface area contributed by atoms with Gasteiger partial charge in [-0.2, -0.15) is 0 Å². The zero-order valence-electron chi connectivity index (χ0n) is 15.4. The second-order valence-electron chi connectivity index (χ2n) is 6.80. The van der Waals surface area contributed by atoms with Gasteiger partial charge in [0.1, 0.15) is 12.4 Å². The standard InChI is InChI=1S/C19H31N3O2/c1-15(2)16-8-5-6-9-17(16)23-13-11-21-18(20-4)22-14-19(3)10-7-12-24-19/h5-6,8-9,15H,7,10-14H2,1-4H3,(H2,20,21,22). The lowest BCUT2D eigenvalue weighted by atomic mass is 10.0. The Morgan fingerprint density at radius 1 is 1.33 bits per heavy atom. The van der Waals surface area contributed by atoms with E-state index in [0.29, 0.717) is 19.1 Å². The van der Waals surface area contributed by atoms with Gasteiger partial charge in [-0.1, -0.05) is 32.0 Å². The third kappa shape index (κ3) is 5.41. The van der Waals surface area contributed by atoms with Crippen LogP contribution in [0.2, 0.25) is 0 Å². The van der Waals surface area contributed by atoms with Crippen LogP contribution in [0.5, 0.6) is 5.75 Å². The van der Waals surface area contributed by atoms with Crippen LogP contribution in [0.15, 0.2) is 29.3 Å². The minimum absolute atomic E-state index is 0.0790. The van der Waals surface area contributed by atoms with Crippen LogP contribution in [0.1, 0.15) is 45.1 Å². The highest BCUT2D eigenvalue weighted by molar-refractivity contribution is 5.79. The number of hydrogen-bond donors (Lipinski definition) is 2. The summed E-state index contributed by atoms with van der Waals surface area (Å²) in [5.41, 5.74) is 1.16. The molecule has 1 aromatic rings. The van der Waals surface area contributed by atoms with Crippen molar-refractivity contribution in [3.63, 3.8) is 0 Å². The normalized spacial score (nSPS) is 21.1. The first-order valence-electron chi connectivity index (χ1n) is 8.84. The predicted molar refractivity (Wildman–Crippen MR) is 99.0 cm³/mol. The van der Waals surface area contributed by atoms with E-state index in [-0.39, 0.29) is 5.60 Å².